The Hall–Kier alpha value is -1.40. The van der Waals surface area contributed by atoms with Crippen molar-refractivity contribution in [1.82, 2.24) is 5.32 Å². The third-order valence-electron chi connectivity index (χ3n) is 2.54. The summed E-state index contributed by atoms with van der Waals surface area (Å²) < 4.78 is 0. The van der Waals surface area contributed by atoms with Gasteiger partial charge in [0.2, 0.25) is 0 Å². The SMILES string of the molecule is C#CCC(CC)NC(=O)c1ccccc1SC. The molecule has 1 unspecified atom stereocenters. The van der Waals surface area contributed by atoms with Gasteiger partial charge < -0.3 is 5.32 Å². The first-order chi connectivity index (χ1) is 8.22. The van der Waals surface area contributed by atoms with Crippen molar-refractivity contribution in [1.29, 1.82) is 0 Å². The Morgan fingerprint density at radius 3 is 2.82 bits per heavy atom. The summed E-state index contributed by atoms with van der Waals surface area (Å²) in [5.74, 6) is 2.54. The molecule has 1 aromatic carbocycles. The zero-order valence-corrected chi connectivity index (χ0v) is 11.0. The molecule has 0 heterocycles. The molecule has 0 radical (unpaired) electrons. The van der Waals surface area contributed by atoms with E-state index in [1.54, 1.807) is 11.8 Å². The smallest absolute Gasteiger partial charge is 0.252 e. The highest BCUT2D eigenvalue weighted by Crippen LogP contribution is 2.19. The van der Waals surface area contributed by atoms with Crippen LogP contribution in [0.3, 0.4) is 0 Å². The van der Waals surface area contributed by atoms with Gasteiger partial charge in [-0.2, -0.15) is 0 Å². The van der Waals surface area contributed by atoms with Crippen molar-refractivity contribution in [3.05, 3.63) is 29.8 Å². The molecule has 0 aliphatic carbocycles. The Kier molecular flexibility index (Phi) is 5.65. The summed E-state index contributed by atoms with van der Waals surface area (Å²) in [5.41, 5.74) is 0.718. The monoisotopic (exact) mass is 247 g/mol. The van der Waals surface area contributed by atoms with Crippen molar-refractivity contribution in [2.75, 3.05) is 6.26 Å². The van der Waals surface area contributed by atoms with Gasteiger partial charge in [-0.15, -0.1) is 24.1 Å². The van der Waals surface area contributed by atoms with Crippen LogP contribution in [0.2, 0.25) is 0 Å². The summed E-state index contributed by atoms with van der Waals surface area (Å²) in [5, 5.41) is 2.96. The van der Waals surface area contributed by atoms with Crippen LogP contribution in [0.1, 0.15) is 30.1 Å². The van der Waals surface area contributed by atoms with E-state index in [4.69, 9.17) is 6.42 Å². The zero-order valence-electron chi connectivity index (χ0n) is 10.2. The highest BCUT2D eigenvalue weighted by Gasteiger charge is 2.13. The fraction of sp³-hybridized carbons (Fsp3) is 0.357. The van der Waals surface area contributed by atoms with E-state index in [2.05, 4.69) is 11.2 Å². The minimum Gasteiger partial charge on any atom is -0.348 e. The third-order valence-corrected chi connectivity index (χ3v) is 3.34. The van der Waals surface area contributed by atoms with Gasteiger partial charge in [-0.25, -0.2) is 0 Å². The lowest BCUT2D eigenvalue weighted by Crippen LogP contribution is -2.34. The van der Waals surface area contributed by atoms with Gasteiger partial charge in [0.05, 0.1) is 5.56 Å². The van der Waals surface area contributed by atoms with Crippen LogP contribution in [0.15, 0.2) is 29.2 Å². The van der Waals surface area contributed by atoms with Gasteiger partial charge in [0.1, 0.15) is 0 Å². The highest BCUT2D eigenvalue weighted by molar-refractivity contribution is 7.98. The quantitative estimate of drug-likeness (QED) is 0.640. The van der Waals surface area contributed by atoms with E-state index < -0.39 is 0 Å². The molecule has 1 atom stereocenters. The number of thioether (sulfide) groups is 1. The number of benzene rings is 1. The average Bonchev–Trinajstić information content (AvgIpc) is 2.38. The zero-order chi connectivity index (χ0) is 12.7. The van der Waals surface area contributed by atoms with Crippen LogP contribution >= 0.6 is 11.8 Å². The van der Waals surface area contributed by atoms with E-state index in [0.717, 1.165) is 16.9 Å². The topological polar surface area (TPSA) is 29.1 Å². The maximum atomic E-state index is 12.1. The molecule has 3 heteroatoms. The van der Waals surface area contributed by atoms with Crippen molar-refractivity contribution >= 4 is 17.7 Å². The molecule has 0 bridgehead atoms. The summed E-state index contributed by atoms with van der Waals surface area (Å²) in [6, 6.07) is 7.64. The van der Waals surface area contributed by atoms with Gasteiger partial charge in [-0.3, -0.25) is 4.79 Å². The molecule has 1 aromatic rings. The summed E-state index contributed by atoms with van der Waals surface area (Å²) >= 11 is 1.57. The highest BCUT2D eigenvalue weighted by atomic mass is 32.2. The number of terminal acetylenes is 1. The van der Waals surface area contributed by atoms with Crippen LogP contribution in [0.25, 0.3) is 0 Å². The molecular formula is C14H17NOS. The molecule has 0 aromatic heterocycles. The Morgan fingerprint density at radius 2 is 2.24 bits per heavy atom. The predicted molar refractivity (Wildman–Crippen MR) is 73.2 cm³/mol. The maximum Gasteiger partial charge on any atom is 0.252 e. The van der Waals surface area contributed by atoms with Crippen LogP contribution in [0.4, 0.5) is 0 Å². The van der Waals surface area contributed by atoms with E-state index in [1.807, 2.05) is 37.4 Å². The first-order valence-electron chi connectivity index (χ1n) is 5.60. The van der Waals surface area contributed by atoms with Crippen LogP contribution in [0, 0.1) is 12.3 Å². The molecule has 1 rings (SSSR count). The van der Waals surface area contributed by atoms with Crippen LogP contribution in [-0.2, 0) is 0 Å². The lowest BCUT2D eigenvalue weighted by Gasteiger charge is -2.15. The normalized spacial score (nSPS) is 11.6. The molecular weight excluding hydrogens is 230 g/mol. The summed E-state index contributed by atoms with van der Waals surface area (Å²) in [7, 11) is 0. The van der Waals surface area contributed by atoms with Crippen molar-refractivity contribution in [3.63, 3.8) is 0 Å². The average molecular weight is 247 g/mol. The Balaban J connectivity index is 2.79. The molecule has 0 aliphatic rings. The van der Waals surface area contributed by atoms with E-state index >= 15 is 0 Å². The number of carbonyl (C=O) groups excluding carboxylic acids is 1. The summed E-state index contributed by atoms with van der Waals surface area (Å²) in [6.45, 7) is 2.02. The molecule has 2 nitrogen and oxygen atoms in total. The minimum absolute atomic E-state index is 0.0444. The van der Waals surface area contributed by atoms with Gasteiger partial charge in [-0.1, -0.05) is 19.1 Å². The standard InChI is InChI=1S/C14H17NOS/c1-4-8-11(5-2)15-14(16)12-9-6-7-10-13(12)17-3/h1,6-7,9-11H,5,8H2,2-3H3,(H,15,16). The van der Waals surface area contributed by atoms with Crippen molar-refractivity contribution in [3.8, 4) is 12.3 Å². The van der Waals surface area contributed by atoms with Gasteiger partial charge in [0.25, 0.3) is 5.91 Å². The first kappa shape index (κ1) is 13.7. The summed E-state index contributed by atoms with van der Waals surface area (Å²) in [6.07, 6.45) is 8.65. The second-order valence-electron chi connectivity index (χ2n) is 3.69. The van der Waals surface area contributed by atoms with E-state index in [1.165, 1.54) is 0 Å². The second-order valence-corrected chi connectivity index (χ2v) is 4.54. The maximum absolute atomic E-state index is 12.1. The molecule has 0 saturated heterocycles. The number of amides is 1. The van der Waals surface area contributed by atoms with E-state index in [0.29, 0.717) is 6.42 Å². The molecule has 1 N–H and O–H groups in total. The van der Waals surface area contributed by atoms with Gasteiger partial charge >= 0.3 is 0 Å². The molecule has 0 aliphatic heterocycles. The van der Waals surface area contributed by atoms with Gasteiger partial charge in [0.15, 0.2) is 0 Å². The van der Waals surface area contributed by atoms with Crippen LogP contribution in [-0.4, -0.2) is 18.2 Å². The minimum atomic E-state index is -0.0444. The predicted octanol–water partition coefficient (Wildman–Crippen LogP) is 2.94. The lowest BCUT2D eigenvalue weighted by molar-refractivity contribution is 0.0934. The number of rotatable bonds is 5. The Bertz CT molecular complexity index is 422. The number of nitrogens with one attached hydrogen (secondary N) is 1. The molecule has 0 spiro atoms. The van der Waals surface area contributed by atoms with Gasteiger partial charge in [0, 0.05) is 17.4 Å². The number of carbonyl (C=O) groups is 1. The van der Waals surface area contributed by atoms with Crippen molar-refractivity contribution in [2.24, 2.45) is 0 Å². The van der Waals surface area contributed by atoms with E-state index in [-0.39, 0.29) is 11.9 Å². The molecule has 90 valence electrons. The van der Waals surface area contributed by atoms with Crippen LogP contribution in [0.5, 0.6) is 0 Å². The molecule has 1 amide bonds. The largest absolute Gasteiger partial charge is 0.348 e. The van der Waals surface area contributed by atoms with Crippen molar-refractivity contribution in [2.45, 2.75) is 30.7 Å². The van der Waals surface area contributed by atoms with Crippen LogP contribution < -0.4 is 5.32 Å². The second kappa shape index (κ2) is 7.03. The fourth-order valence-electron chi connectivity index (χ4n) is 1.54. The fourth-order valence-corrected chi connectivity index (χ4v) is 2.13. The summed E-state index contributed by atoms with van der Waals surface area (Å²) in [4.78, 5) is 13.1. The van der Waals surface area contributed by atoms with Gasteiger partial charge in [-0.05, 0) is 24.8 Å². The Labute approximate surface area is 107 Å². The third kappa shape index (κ3) is 3.83. The first-order valence-corrected chi connectivity index (χ1v) is 6.82. The van der Waals surface area contributed by atoms with E-state index in [9.17, 15) is 4.79 Å². The molecule has 0 saturated carbocycles. The number of hydrogen-bond donors (Lipinski definition) is 1. The Morgan fingerprint density at radius 1 is 1.53 bits per heavy atom. The number of hydrogen-bond acceptors (Lipinski definition) is 2. The molecule has 0 fully saturated rings. The van der Waals surface area contributed by atoms with Crippen molar-refractivity contribution < 1.29 is 4.79 Å². The molecule has 17 heavy (non-hydrogen) atoms. The lowest BCUT2D eigenvalue weighted by atomic mass is 10.1.